The van der Waals surface area contributed by atoms with Crippen LogP contribution in [0.1, 0.15) is 49.5 Å². The van der Waals surface area contributed by atoms with E-state index in [1.807, 2.05) is 19.9 Å². The summed E-state index contributed by atoms with van der Waals surface area (Å²) in [6.45, 7) is 5.38. The number of ether oxygens (including phenoxy) is 1. The molecule has 0 unspecified atom stereocenters. The lowest BCUT2D eigenvalue weighted by Gasteiger charge is -2.29. The van der Waals surface area contributed by atoms with Gasteiger partial charge in [0.25, 0.3) is 15.9 Å². The van der Waals surface area contributed by atoms with Gasteiger partial charge >= 0.3 is 0 Å². The lowest BCUT2D eigenvalue weighted by Crippen LogP contribution is -2.49. The van der Waals surface area contributed by atoms with Gasteiger partial charge in [0.05, 0.1) is 12.7 Å². The molecule has 3 amide bonds. The minimum Gasteiger partial charge on any atom is -0.497 e. The Kier molecular flexibility index (Phi) is 8.16. The minimum atomic E-state index is -3.93. The number of fused-ring (bicyclic) bond motifs is 1. The molecule has 1 atom stereocenters. The number of nitrogens with one attached hydrogen (secondary N) is 1. The molecule has 1 aliphatic rings. The second-order valence-electron chi connectivity index (χ2n) is 8.69. The van der Waals surface area contributed by atoms with Gasteiger partial charge in [-0.05, 0) is 57.0 Å². The van der Waals surface area contributed by atoms with E-state index in [-0.39, 0.29) is 54.2 Å². The largest absolute Gasteiger partial charge is 0.497 e. The Hall–Kier alpha value is -3.40. The van der Waals surface area contributed by atoms with Gasteiger partial charge in [-0.25, -0.2) is 12.7 Å². The van der Waals surface area contributed by atoms with Crippen molar-refractivity contribution in [2.45, 2.75) is 57.1 Å². The molecular weight excluding hydrogens is 470 g/mol. The first-order chi connectivity index (χ1) is 16.6. The van der Waals surface area contributed by atoms with Crippen LogP contribution in [0.4, 0.5) is 0 Å². The number of benzene rings is 2. The van der Waals surface area contributed by atoms with Gasteiger partial charge in [-0.3, -0.25) is 14.4 Å². The van der Waals surface area contributed by atoms with E-state index in [9.17, 15) is 22.8 Å². The topological polar surface area (TPSA) is 113 Å². The zero-order valence-corrected chi connectivity index (χ0v) is 21.2. The van der Waals surface area contributed by atoms with E-state index < -0.39 is 22.0 Å². The molecule has 0 saturated carbocycles. The molecule has 35 heavy (non-hydrogen) atoms. The zero-order chi connectivity index (χ0) is 25.8. The van der Waals surface area contributed by atoms with Crippen molar-refractivity contribution < 1.29 is 27.5 Å². The number of methoxy groups -OCH3 is 1. The maximum atomic E-state index is 13.2. The molecule has 0 radical (unpaired) electrons. The molecule has 9 nitrogen and oxygen atoms in total. The fraction of sp³-hybridized carbons (Fsp3) is 0.400. The van der Waals surface area contributed by atoms with Crippen molar-refractivity contribution in [2.24, 2.45) is 0 Å². The van der Waals surface area contributed by atoms with E-state index in [1.165, 1.54) is 17.0 Å². The van der Waals surface area contributed by atoms with E-state index in [0.717, 1.165) is 9.87 Å². The second-order valence-corrected chi connectivity index (χ2v) is 10.5. The molecule has 0 aliphatic carbocycles. The number of hydrogen-bond donors (Lipinski definition) is 1. The normalized spacial score (nSPS) is 15.0. The van der Waals surface area contributed by atoms with E-state index >= 15 is 0 Å². The molecular formula is C25H31N3O6S. The summed E-state index contributed by atoms with van der Waals surface area (Å²) in [5, 5.41) is 2.82. The molecule has 3 rings (SSSR count). The minimum absolute atomic E-state index is 0.0186. The molecule has 2 aromatic carbocycles. The van der Waals surface area contributed by atoms with Crippen molar-refractivity contribution >= 4 is 27.7 Å². The summed E-state index contributed by atoms with van der Waals surface area (Å²) in [5.74, 6) is -0.567. The first-order valence-corrected chi connectivity index (χ1v) is 12.9. The van der Waals surface area contributed by atoms with Gasteiger partial charge in [-0.1, -0.05) is 24.3 Å². The van der Waals surface area contributed by atoms with Crippen LogP contribution in [0.2, 0.25) is 0 Å². The van der Waals surface area contributed by atoms with Crippen LogP contribution in [0.3, 0.4) is 0 Å². The van der Waals surface area contributed by atoms with Gasteiger partial charge < -0.3 is 15.0 Å². The fourth-order valence-electron chi connectivity index (χ4n) is 3.92. The number of carbonyl (C=O) groups excluding carboxylic acids is 3. The number of rotatable bonds is 10. The first-order valence-electron chi connectivity index (χ1n) is 11.4. The van der Waals surface area contributed by atoms with Gasteiger partial charge in [-0.2, -0.15) is 0 Å². The molecule has 1 heterocycles. The molecule has 2 aromatic rings. The average molecular weight is 502 g/mol. The number of hydrogen-bond acceptors (Lipinski definition) is 6. The number of nitrogens with zero attached hydrogens (tertiary/aromatic N) is 2. The molecule has 0 bridgehead atoms. The Morgan fingerprint density at radius 1 is 1.09 bits per heavy atom. The molecule has 0 spiro atoms. The van der Waals surface area contributed by atoms with Crippen LogP contribution in [-0.2, 0) is 26.2 Å². The standard InChI is InChI=1S/C25H31N3O6S/c1-17(2)26-24(30)18(3)27(16-19-9-7-10-20(15-19)34-4)23(29)13-8-14-28-25(31)21-11-5-6-12-22(21)35(28,32)33/h5-7,9-12,15,17-18H,8,13-14,16H2,1-4H3,(H,26,30)/t18-/m1/s1. The Morgan fingerprint density at radius 2 is 1.80 bits per heavy atom. The fourth-order valence-corrected chi connectivity index (χ4v) is 5.53. The van der Waals surface area contributed by atoms with E-state index in [0.29, 0.717) is 5.75 Å². The molecule has 0 fully saturated rings. The first kappa shape index (κ1) is 26.2. The Labute approximate surface area is 206 Å². The third kappa shape index (κ3) is 5.82. The van der Waals surface area contributed by atoms with Crippen LogP contribution in [0, 0.1) is 0 Å². The molecule has 1 N–H and O–H groups in total. The highest BCUT2D eigenvalue weighted by atomic mass is 32.2. The second kappa shape index (κ2) is 10.9. The van der Waals surface area contributed by atoms with Crippen LogP contribution in [0.15, 0.2) is 53.4 Å². The van der Waals surface area contributed by atoms with Gasteiger partial charge in [0.15, 0.2) is 0 Å². The van der Waals surface area contributed by atoms with Crippen LogP contribution < -0.4 is 10.1 Å². The zero-order valence-electron chi connectivity index (χ0n) is 20.4. The van der Waals surface area contributed by atoms with Gasteiger partial charge in [0.1, 0.15) is 16.7 Å². The highest BCUT2D eigenvalue weighted by molar-refractivity contribution is 7.90. The number of sulfonamides is 1. The molecule has 0 saturated heterocycles. The Balaban J connectivity index is 1.72. The Bertz CT molecular complexity index is 1210. The number of carbonyl (C=O) groups is 3. The summed E-state index contributed by atoms with van der Waals surface area (Å²) in [6.07, 6.45) is 0.101. The number of amides is 3. The molecule has 1 aliphatic heterocycles. The van der Waals surface area contributed by atoms with Crippen molar-refractivity contribution in [2.75, 3.05) is 13.7 Å². The monoisotopic (exact) mass is 501 g/mol. The Morgan fingerprint density at radius 3 is 2.46 bits per heavy atom. The highest BCUT2D eigenvalue weighted by Gasteiger charge is 2.40. The molecule has 0 aromatic heterocycles. The van der Waals surface area contributed by atoms with Crippen LogP contribution >= 0.6 is 0 Å². The maximum Gasteiger partial charge on any atom is 0.269 e. The highest BCUT2D eigenvalue weighted by Crippen LogP contribution is 2.30. The summed E-state index contributed by atoms with van der Waals surface area (Å²) in [7, 11) is -2.38. The van der Waals surface area contributed by atoms with Crippen molar-refractivity contribution in [1.29, 1.82) is 0 Å². The third-order valence-corrected chi connectivity index (χ3v) is 7.59. The maximum absolute atomic E-state index is 13.2. The quantitative estimate of drug-likeness (QED) is 0.535. The van der Waals surface area contributed by atoms with Crippen molar-refractivity contribution in [3.63, 3.8) is 0 Å². The van der Waals surface area contributed by atoms with Crippen molar-refractivity contribution in [3.05, 3.63) is 59.7 Å². The van der Waals surface area contributed by atoms with Crippen molar-refractivity contribution in [3.8, 4) is 5.75 Å². The third-order valence-electron chi connectivity index (χ3n) is 5.75. The predicted molar refractivity (Wildman–Crippen MR) is 130 cm³/mol. The van der Waals surface area contributed by atoms with E-state index in [2.05, 4.69) is 5.32 Å². The van der Waals surface area contributed by atoms with Gasteiger partial charge in [0, 0.05) is 25.6 Å². The predicted octanol–water partition coefficient (Wildman–Crippen LogP) is 2.56. The lowest BCUT2D eigenvalue weighted by molar-refractivity contribution is -0.140. The molecule has 188 valence electrons. The summed E-state index contributed by atoms with van der Waals surface area (Å²) in [5.41, 5.74) is 0.923. The van der Waals surface area contributed by atoms with Gasteiger partial charge in [0.2, 0.25) is 11.8 Å². The van der Waals surface area contributed by atoms with E-state index in [4.69, 9.17) is 4.74 Å². The van der Waals surface area contributed by atoms with E-state index in [1.54, 1.807) is 44.4 Å². The SMILES string of the molecule is COc1cccc(CN(C(=O)CCCN2C(=O)c3ccccc3S2(=O)=O)[C@H](C)C(=O)NC(C)C)c1. The summed E-state index contributed by atoms with van der Waals surface area (Å²) in [6, 6.07) is 12.4. The summed E-state index contributed by atoms with van der Waals surface area (Å²) >= 11 is 0. The lowest BCUT2D eigenvalue weighted by atomic mass is 10.1. The summed E-state index contributed by atoms with van der Waals surface area (Å²) in [4.78, 5) is 40.0. The van der Waals surface area contributed by atoms with Crippen LogP contribution in [-0.4, -0.2) is 61.1 Å². The van der Waals surface area contributed by atoms with Crippen LogP contribution in [0.25, 0.3) is 0 Å². The smallest absolute Gasteiger partial charge is 0.269 e. The average Bonchev–Trinajstić information content (AvgIpc) is 3.02. The molecule has 10 heteroatoms. The van der Waals surface area contributed by atoms with Gasteiger partial charge in [-0.15, -0.1) is 0 Å². The van der Waals surface area contributed by atoms with Crippen molar-refractivity contribution in [1.82, 2.24) is 14.5 Å². The van der Waals surface area contributed by atoms with Crippen LogP contribution in [0.5, 0.6) is 5.75 Å². The summed E-state index contributed by atoms with van der Waals surface area (Å²) < 4.78 is 31.6.